The lowest BCUT2D eigenvalue weighted by atomic mass is 10.2. The summed E-state index contributed by atoms with van der Waals surface area (Å²) >= 11 is 0. The lowest BCUT2D eigenvalue weighted by Gasteiger charge is -1.90. The first kappa shape index (κ1) is 18.2. The summed E-state index contributed by atoms with van der Waals surface area (Å²) in [5.41, 5.74) is 1.17. The second-order valence-corrected chi connectivity index (χ2v) is 4.30. The Balaban J connectivity index is 0. The molecule has 0 aliphatic carbocycles. The highest BCUT2D eigenvalue weighted by atomic mass is 32.3. The Bertz CT molecular complexity index is 376. The first-order valence-electron chi connectivity index (χ1n) is 4.65. The van der Waals surface area contributed by atoms with Crippen LogP contribution in [0.1, 0.15) is 5.56 Å². The molecule has 0 radical (unpaired) electrons. The highest BCUT2D eigenvalue weighted by Crippen LogP contribution is 1.97. The molecule has 1 rings (SSSR count). The molecule has 1 aromatic carbocycles. The summed E-state index contributed by atoms with van der Waals surface area (Å²) in [6.07, 6.45) is 1.83. The fourth-order valence-corrected chi connectivity index (χ4v) is 0.589. The first-order chi connectivity index (χ1) is 7.66. The molecule has 0 aliphatic rings. The minimum absolute atomic E-state index is 1.17. The average Bonchev–Trinajstić information content (AvgIpc) is 2.15. The zero-order valence-corrected chi connectivity index (χ0v) is 11.1. The Morgan fingerprint density at radius 3 is 1.59 bits per heavy atom. The van der Waals surface area contributed by atoms with Gasteiger partial charge >= 0.3 is 10.4 Å². The molecule has 5 nitrogen and oxygen atoms in total. The van der Waals surface area contributed by atoms with Gasteiger partial charge in [0.1, 0.15) is 0 Å². The second-order valence-electron chi connectivity index (χ2n) is 3.40. The quantitative estimate of drug-likeness (QED) is 0.754. The van der Waals surface area contributed by atoms with Gasteiger partial charge in [0, 0.05) is 0 Å². The third-order valence-corrected chi connectivity index (χ3v) is 1.04. The van der Waals surface area contributed by atoms with Crippen molar-refractivity contribution in [1.29, 1.82) is 0 Å². The second kappa shape index (κ2) is 9.98. The van der Waals surface area contributed by atoms with E-state index in [0.717, 1.165) is 0 Å². The van der Waals surface area contributed by atoms with E-state index in [1.807, 2.05) is 62.5 Å². The molecule has 6 heteroatoms. The van der Waals surface area contributed by atoms with E-state index in [4.69, 9.17) is 17.5 Å². The van der Waals surface area contributed by atoms with E-state index < -0.39 is 10.4 Å². The van der Waals surface area contributed by atoms with Gasteiger partial charge in [-0.25, -0.2) is 0 Å². The van der Waals surface area contributed by atoms with Gasteiger partial charge in [0.15, 0.2) is 0 Å². The smallest absolute Gasteiger partial charge is 0.312 e. The summed E-state index contributed by atoms with van der Waals surface area (Å²) in [6.45, 7) is 3.63. The minimum atomic E-state index is -4.67. The van der Waals surface area contributed by atoms with Crippen LogP contribution in [0.25, 0.3) is 6.08 Å². The van der Waals surface area contributed by atoms with Crippen LogP contribution >= 0.6 is 0 Å². The number of hydrogen-bond donors (Lipinski definition) is 2. The molecule has 0 fully saturated rings. The zero-order chi connectivity index (χ0) is 13.9. The summed E-state index contributed by atoms with van der Waals surface area (Å²) in [5, 5.41) is 0. The third kappa shape index (κ3) is 31.3. The number of nitrogens with zero attached hydrogens (tertiary/aromatic N) is 1. The molecule has 0 aromatic heterocycles. The maximum atomic E-state index is 8.74. The number of hydrogen-bond acceptors (Lipinski definition) is 3. The summed E-state index contributed by atoms with van der Waals surface area (Å²) in [4.78, 5) is 2.00. The van der Waals surface area contributed by atoms with Gasteiger partial charge in [0.25, 0.3) is 0 Å². The van der Waals surface area contributed by atoms with Crippen LogP contribution in [0.2, 0.25) is 0 Å². The van der Waals surface area contributed by atoms with E-state index in [-0.39, 0.29) is 0 Å². The van der Waals surface area contributed by atoms with Crippen LogP contribution in [0.4, 0.5) is 0 Å². The lowest BCUT2D eigenvalue weighted by molar-refractivity contribution is 0.381. The first-order valence-corrected chi connectivity index (χ1v) is 6.04. The summed E-state index contributed by atoms with van der Waals surface area (Å²) in [5.74, 6) is 0. The van der Waals surface area contributed by atoms with Crippen LogP contribution < -0.4 is 0 Å². The van der Waals surface area contributed by atoms with Crippen molar-refractivity contribution in [2.24, 2.45) is 0 Å². The molecule has 0 atom stereocenters. The SMILES string of the molecule is C=Cc1ccccc1.CN(C)C.O=S(=O)(O)O. The zero-order valence-electron chi connectivity index (χ0n) is 10.2. The van der Waals surface area contributed by atoms with Crippen molar-refractivity contribution in [2.75, 3.05) is 21.1 Å². The van der Waals surface area contributed by atoms with Gasteiger partial charge < -0.3 is 4.90 Å². The van der Waals surface area contributed by atoms with Gasteiger partial charge in [0.2, 0.25) is 0 Å². The topological polar surface area (TPSA) is 77.8 Å². The van der Waals surface area contributed by atoms with Crippen molar-refractivity contribution >= 4 is 16.5 Å². The van der Waals surface area contributed by atoms with E-state index in [2.05, 4.69) is 6.58 Å². The summed E-state index contributed by atoms with van der Waals surface area (Å²) < 4.78 is 31.6. The molecule has 1 aromatic rings. The molecule has 0 spiro atoms. The van der Waals surface area contributed by atoms with Crippen LogP contribution in [0.15, 0.2) is 36.9 Å². The number of benzene rings is 1. The van der Waals surface area contributed by atoms with Crippen LogP contribution in [-0.4, -0.2) is 43.6 Å². The van der Waals surface area contributed by atoms with E-state index in [0.29, 0.717) is 0 Å². The van der Waals surface area contributed by atoms with Crippen molar-refractivity contribution in [1.82, 2.24) is 4.90 Å². The van der Waals surface area contributed by atoms with Crippen molar-refractivity contribution < 1.29 is 17.5 Å². The van der Waals surface area contributed by atoms with Crippen molar-refractivity contribution in [2.45, 2.75) is 0 Å². The molecular formula is C11H19NO4S. The Morgan fingerprint density at radius 2 is 1.41 bits per heavy atom. The molecule has 0 aliphatic heterocycles. The van der Waals surface area contributed by atoms with E-state index in [1.54, 1.807) is 0 Å². The minimum Gasteiger partial charge on any atom is -0.312 e. The molecule has 0 amide bonds. The fourth-order valence-electron chi connectivity index (χ4n) is 0.589. The maximum absolute atomic E-state index is 8.74. The Labute approximate surface area is 103 Å². The molecule has 0 saturated heterocycles. The van der Waals surface area contributed by atoms with E-state index in [1.165, 1.54) is 5.56 Å². The van der Waals surface area contributed by atoms with Gasteiger partial charge in [-0.15, -0.1) is 0 Å². The van der Waals surface area contributed by atoms with Crippen LogP contribution in [0.3, 0.4) is 0 Å². The summed E-state index contributed by atoms with van der Waals surface area (Å²) in [7, 11) is 1.33. The molecular weight excluding hydrogens is 242 g/mol. The van der Waals surface area contributed by atoms with Crippen molar-refractivity contribution in [3.63, 3.8) is 0 Å². The molecule has 0 heterocycles. The highest BCUT2D eigenvalue weighted by molar-refractivity contribution is 7.79. The van der Waals surface area contributed by atoms with Crippen LogP contribution in [-0.2, 0) is 10.4 Å². The van der Waals surface area contributed by atoms with Crippen LogP contribution in [0.5, 0.6) is 0 Å². The van der Waals surface area contributed by atoms with Gasteiger partial charge in [-0.3, -0.25) is 9.11 Å². The molecule has 0 unspecified atom stereocenters. The van der Waals surface area contributed by atoms with E-state index >= 15 is 0 Å². The average molecular weight is 261 g/mol. The number of rotatable bonds is 1. The van der Waals surface area contributed by atoms with Gasteiger partial charge in [-0.05, 0) is 26.7 Å². The Kier molecular flexibility index (Phi) is 10.7. The predicted octanol–water partition coefficient (Wildman–Crippen LogP) is 1.85. The maximum Gasteiger partial charge on any atom is 0.394 e. The van der Waals surface area contributed by atoms with E-state index in [9.17, 15) is 0 Å². The van der Waals surface area contributed by atoms with Gasteiger partial charge in [0.05, 0.1) is 0 Å². The lowest BCUT2D eigenvalue weighted by Crippen LogP contribution is -1.99. The monoisotopic (exact) mass is 261 g/mol. The standard InChI is InChI=1S/C8H8.C3H9N.H2O4S/c1-2-8-6-4-3-5-7-8;1-4(2)3;1-5(2,3)4/h2-7H,1H2;1-3H3;(H2,1,2,3,4). The van der Waals surface area contributed by atoms with Crippen molar-refractivity contribution in [3.05, 3.63) is 42.5 Å². The third-order valence-electron chi connectivity index (χ3n) is 1.04. The predicted molar refractivity (Wildman–Crippen MR) is 70.3 cm³/mol. The molecule has 0 saturated carbocycles. The Hall–Kier alpha value is -1.21. The molecule has 2 N–H and O–H groups in total. The fraction of sp³-hybridized carbons (Fsp3) is 0.273. The Morgan fingerprint density at radius 1 is 1.12 bits per heavy atom. The largest absolute Gasteiger partial charge is 0.394 e. The van der Waals surface area contributed by atoms with Gasteiger partial charge in [-0.2, -0.15) is 8.42 Å². The van der Waals surface area contributed by atoms with Crippen LogP contribution in [0, 0.1) is 0 Å². The molecule has 0 bridgehead atoms. The molecule has 17 heavy (non-hydrogen) atoms. The summed E-state index contributed by atoms with van der Waals surface area (Å²) in [6, 6.07) is 10.0. The molecule has 98 valence electrons. The highest BCUT2D eigenvalue weighted by Gasteiger charge is 1.84. The van der Waals surface area contributed by atoms with Gasteiger partial charge in [-0.1, -0.05) is 43.0 Å². The van der Waals surface area contributed by atoms with Crippen molar-refractivity contribution in [3.8, 4) is 0 Å². The normalized spacial score (nSPS) is 9.53.